The lowest BCUT2D eigenvalue weighted by Crippen LogP contribution is -2.08. The van der Waals surface area contributed by atoms with Gasteiger partial charge in [0.15, 0.2) is 0 Å². The first-order chi connectivity index (χ1) is 13.2. The van der Waals surface area contributed by atoms with Crippen LogP contribution in [-0.4, -0.2) is 0 Å². The second kappa shape index (κ2) is 22.3. The molecule has 0 aliphatic rings. The van der Waals surface area contributed by atoms with E-state index in [1.54, 1.807) is 0 Å². The normalized spacial score (nSPS) is 12.8. The van der Waals surface area contributed by atoms with Crippen LogP contribution in [0.5, 0.6) is 0 Å². The molecule has 1 atom stereocenters. The number of rotatable bonds is 22. The average Bonchev–Trinajstić information content (AvgIpc) is 2.66. The predicted octanol–water partition coefficient (Wildman–Crippen LogP) is 10.5. The summed E-state index contributed by atoms with van der Waals surface area (Å²) in [5.74, 6) is 1.88. The molecule has 0 N–H and O–H groups in total. The molecule has 0 aromatic carbocycles. The molecule has 0 saturated heterocycles. The fourth-order valence-corrected chi connectivity index (χ4v) is 4.42. The fourth-order valence-electron chi connectivity index (χ4n) is 4.42. The Hall–Kier alpha value is 0. The summed E-state index contributed by atoms with van der Waals surface area (Å²) in [7, 11) is 0. The van der Waals surface area contributed by atoms with Gasteiger partial charge in [0.1, 0.15) is 0 Å². The van der Waals surface area contributed by atoms with Crippen LogP contribution in [0.25, 0.3) is 0 Å². The van der Waals surface area contributed by atoms with E-state index in [1.807, 2.05) is 0 Å². The summed E-state index contributed by atoms with van der Waals surface area (Å²) in [6.45, 7) is 9.52. The third-order valence-corrected chi connectivity index (χ3v) is 6.55. The van der Waals surface area contributed by atoms with Crippen LogP contribution in [-0.2, 0) is 0 Å². The second-order valence-corrected chi connectivity index (χ2v) is 9.59. The van der Waals surface area contributed by atoms with Crippen LogP contribution in [0.2, 0.25) is 0 Å². The molecule has 0 aliphatic carbocycles. The van der Waals surface area contributed by atoms with E-state index in [0.717, 1.165) is 11.8 Å². The van der Waals surface area contributed by atoms with Crippen molar-refractivity contribution in [2.75, 3.05) is 0 Å². The molecule has 0 heteroatoms. The monoisotopic (exact) mass is 380 g/mol. The van der Waals surface area contributed by atoms with Crippen LogP contribution in [0, 0.1) is 11.8 Å². The van der Waals surface area contributed by atoms with Gasteiger partial charge in [-0.2, -0.15) is 0 Å². The Morgan fingerprint density at radius 2 is 0.630 bits per heavy atom. The molecule has 0 nitrogen and oxygen atoms in total. The molecule has 0 aromatic rings. The molecule has 164 valence electrons. The molecule has 0 aliphatic heterocycles. The van der Waals surface area contributed by atoms with Crippen LogP contribution >= 0.6 is 0 Å². The van der Waals surface area contributed by atoms with Crippen molar-refractivity contribution in [3.05, 3.63) is 0 Å². The van der Waals surface area contributed by atoms with Crippen molar-refractivity contribution in [1.29, 1.82) is 0 Å². The standard InChI is InChI=1S/C27H56/c1-5-7-9-11-13-15-16-17-19-21-23-25-27(26(3)4)24-22-20-18-14-12-10-8-6-2/h26-27H,5-25H2,1-4H3. The fraction of sp³-hybridized carbons (Fsp3) is 1.00. The van der Waals surface area contributed by atoms with Crippen molar-refractivity contribution in [3.63, 3.8) is 0 Å². The van der Waals surface area contributed by atoms with Crippen LogP contribution in [0.3, 0.4) is 0 Å². The van der Waals surface area contributed by atoms with Crippen molar-refractivity contribution >= 4 is 0 Å². The van der Waals surface area contributed by atoms with Crippen LogP contribution in [0.1, 0.15) is 163 Å². The highest BCUT2D eigenvalue weighted by Crippen LogP contribution is 2.25. The summed E-state index contributed by atoms with van der Waals surface area (Å²) in [6.07, 6.45) is 30.8. The van der Waals surface area contributed by atoms with E-state index in [4.69, 9.17) is 0 Å². The maximum absolute atomic E-state index is 2.45. The predicted molar refractivity (Wildman–Crippen MR) is 127 cm³/mol. The number of hydrogen-bond donors (Lipinski definition) is 0. The molecule has 1 unspecified atom stereocenters. The summed E-state index contributed by atoms with van der Waals surface area (Å²) >= 11 is 0. The maximum atomic E-state index is 2.45. The Morgan fingerprint density at radius 1 is 0.370 bits per heavy atom. The SMILES string of the molecule is CCCCCCCCCCCCCC(CCCCCCCCCC)C(C)C. The molecule has 0 aromatic heterocycles. The Labute approximate surface area is 174 Å². The van der Waals surface area contributed by atoms with E-state index in [9.17, 15) is 0 Å². The Balaban J connectivity index is 3.43. The lowest BCUT2D eigenvalue weighted by Gasteiger charge is -2.20. The number of hydrogen-bond acceptors (Lipinski definition) is 0. The minimum atomic E-state index is 0.887. The Kier molecular flexibility index (Phi) is 22.3. The van der Waals surface area contributed by atoms with Crippen molar-refractivity contribution in [1.82, 2.24) is 0 Å². The highest BCUT2D eigenvalue weighted by Gasteiger charge is 2.12. The average molecular weight is 381 g/mol. The summed E-state index contributed by atoms with van der Waals surface area (Å²) in [5.41, 5.74) is 0. The van der Waals surface area contributed by atoms with Gasteiger partial charge < -0.3 is 0 Å². The molecule has 0 amide bonds. The summed E-state index contributed by atoms with van der Waals surface area (Å²) < 4.78 is 0. The summed E-state index contributed by atoms with van der Waals surface area (Å²) in [5, 5.41) is 0. The highest BCUT2D eigenvalue weighted by molar-refractivity contribution is 4.64. The molecular weight excluding hydrogens is 324 g/mol. The van der Waals surface area contributed by atoms with Crippen molar-refractivity contribution in [2.24, 2.45) is 11.8 Å². The zero-order valence-electron chi connectivity index (χ0n) is 20.0. The molecule has 27 heavy (non-hydrogen) atoms. The van der Waals surface area contributed by atoms with E-state index in [-0.39, 0.29) is 0 Å². The molecular formula is C27H56. The van der Waals surface area contributed by atoms with Gasteiger partial charge >= 0.3 is 0 Å². The molecule has 0 spiro atoms. The van der Waals surface area contributed by atoms with Crippen molar-refractivity contribution in [3.8, 4) is 0 Å². The largest absolute Gasteiger partial charge is 0.0654 e. The van der Waals surface area contributed by atoms with Crippen molar-refractivity contribution in [2.45, 2.75) is 163 Å². The molecule has 0 fully saturated rings. The van der Waals surface area contributed by atoms with E-state index in [2.05, 4.69) is 27.7 Å². The Morgan fingerprint density at radius 3 is 0.889 bits per heavy atom. The van der Waals surface area contributed by atoms with Gasteiger partial charge in [-0.05, 0) is 11.8 Å². The number of unbranched alkanes of at least 4 members (excludes halogenated alkanes) is 17. The summed E-state index contributed by atoms with van der Waals surface area (Å²) in [4.78, 5) is 0. The van der Waals surface area contributed by atoms with Gasteiger partial charge in [-0.25, -0.2) is 0 Å². The molecule has 0 bridgehead atoms. The third-order valence-electron chi connectivity index (χ3n) is 6.55. The third kappa shape index (κ3) is 20.5. The van der Waals surface area contributed by atoms with Gasteiger partial charge in [-0.1, -0.05) is 163 Å². The smallest absolute Gasteiger partial charge is 0.0391 e. The van der Waals surface area contributed by atoms with Gasteiger partial charge in [0.05, 0.1) is 0 Å². The van der Waals surface area contributed by atoms with E-state index in [0.29, 0.717) is 0 Å². The lowest BCUT2D eigenvalue weighted by molar-refractivity contribution is 0.312. The topological polar surface area (TPSA) is 0 Å². The minimum Gasteiger partial charge on any atom is -0.0654 e. The van der Waals surface area contributed by atoms with Crippen LogP contribution in [0.4, 0.5) is 0 Å². The first-order valence-electron chi connectivity index (χ1n) is 13.2. The first-order valence-corrected chi connectivity index (χ1v) is 13.2. The first kappa shape index (κ1) is 27.0. The second-order valence-electron chi connectivity index (χ2n) is 9.59. The van der Waals surface area contributed by atoms with E-state index >= 15 is 0 Å². The van der Waals surface area contributed by atoms with Gasteiger partial charge in [0.25, 0.3) is 0 Å². The maximum Gasteiger partial charge on any atom is -0.0391 e. The summed E-state index contributed by atoms with van der Waals surface area (Å²) in [6, 6.07) is 0. The quantitative estimate of drug-likeness (QED) is 0.164. The van der Waals surface area contributed by atoms with Crippen LogP contribution in [0.15, 0.2) is 0 Å². The molecule has 0 heterocycles. The van der Waals surface area contributed by atoms with Crippen LogP contribution < -0.4 is 0 Å². The van der Waals surface area contributed by atoms with Gasteiger partial charge in [-0.3, -0.25) is 0 Å². The van der Waals surface area contributed by atoms with E-state index in [1.165, 1.54) is 135 Å². The van der Waals surface area contributed by atoms with Gasteiger partial charge in [0, 0.05) is 0 Å². The van der Waals surface area contributed by atoms with Gasteiger partial charge in [-0.15, -0.1) is 0 Å². The van der Waals surface area contributed by atoms with Gasteiger partial charge in [0.2, 0.25) is 0 Å². The molecule has 0 radical (unpaired) electrons. The van der Waals surface area contributed by atoms with E-state index < -0.39 is 0 Å². The minimum absolute atomic E-state index is 0.887. The lowest BCUT2D eigenvalue weighted by atomic mass is 9.85. The van der Waals surface area contributed by atoms with Crippen molar-refractivity contribution < 1.29 is 0 Å². The molecule has 0 saturated carbocycles. The zero-order chi connectivity index (χ0) is 20.0. The zero-order valence-corrected chi connectivity index (χ0v) is 20.0. The Bertz CT molecular complexity index is 255. The molecule has 0 rings (SSSR count). The highest BCUT2D eigenvalue weighted by atomic mass is 14.2.